The Hall–Kier alpha value is -4.40. The summed E-state index contributed by atoms with van der Waals surface area (Å²) in [6.45, 7) is 1.91. The SMILES string of the molecule is CCC(C(=N)/C=C(/CCCc1cccc(-c2cnn(C3CCC(CCCc4ccccn4)C3)c2)c1OC)C(=N)C(=O)NC)C(=O)C1CC1. The van der Waals surface area contributed by atoms with Crippen LogP contribution in [0, 0.1) is 28.6 Å². The molecule has 3 N–H and O–H groups in total. The molecule has 0 radical (unpaired) electrons. The number of carbonyl (C=O) groups excluding carboxylic acids is 2. The van der Waals surface area contributed by atoms with E-state index in [9.17, 15) is 9.59 Å². The van der Waals surface area contributed by atoms with Crippen molar-refractivity contribution in [1.82, 2.24) is 20.1 Å². The summed E-state index contributed by atoms with van der Waals surface area (Å²) in [4.78, 5) is 29.7. The van der Waals surface area contributed by atoms with Gasteiger partial charge in [0.15, 0.2) is 0 Å². The highest BCUT2D eigenvalue weighted by molar-refractivity contribution is 6.44. The van der Waals surface area contributed by atoms with E-state index in [2.05, 4.69) is 45.4 Å². The molecule has 1 amide bonds. The van der Waals surface area contributed by atoms with Gasteiger partial charge >= 0.3 is 0 Å². The number of carbonyl (C=O) groups is 2. The van der Waals surface area contributed by atoms with Crippen molar-refractivity contribution in [3.8, 4) is 16.9 Å². The number of allylic oxidation sites excluding steroid dienone is 1. The zero-order chi connectivity index (χ0) is 34.0. The van der Waals surface area contributed by atoms with Crippen molar-refractivity contribution in [3.05, 3.63) is 77.9 Å². The van der Waals surface area contributed by atoms with Crippen LogP contribution >= 0.6 is 0 Å². The van der Waals surface area contributed by atoms with Crippen LogP contribution in [-0.4, -0.2) is 52.0 Å². The zero-order valence-corrected chi connectivity index (χ0v) is 28.6. The van der Waals surface area contributed by atoms with E-state index in [1.807, 2.05) is 31.5 Å². The third-order valence-corrected chi connectivity index (χ3v) is 9.98. The van der Waals surface area contributed by atoms with Crippen molar-refractivity contribution >= 4 is 23.1 Å². The van der Waals surface area contributed by atoms with Gasteiger partial charge in [-0.2, -0.15) is 5.10 Å². The van der Waals surface area contributed by atoms with Crippen LogP contribution < -0.4 is 10.1 Å². The summed E-state index contributed by atoms with van der Waals surface area (Å²) in [5.74, 6) is 0.694. The number of benzene rings is 1. The van der Waals surface area contributed by atoms with E-state index in [1.54, 1.807) is 13.2 Å². The smallest absolute Gasteiger partial charge is 0.269 e. The zero-order valence-electron chi connectivity index (χ0n) is 28.6. The number of hydrogen-bond acceptors (Lipinski definition) is 7. The lowest BCUT2D eigenvalue weighted by Gasteiger charge is -2.16. The molecule has 3 atom stereocenters. The molecule has 5 rings (SSSR count). The first-order chi connectivity index (χ1) is 23.3. The first-order valence-electron chi connectivity index (χ1n) is 17.6. The molecule has 0 bridgehead atoms. The minimum Gasteiger partial charge on any atom is -0.496 e. The Labute approximate surface area is 284 Å². The third-order valence-electron chi connectivity index (χ3n) is 9.98. The van der Waals surface area contributed by atoms with Crippen LogP contribution in [0.5, 0.6) is 5.75 Å². The average Bonchev–Trinajstić information content (AvgIpc) is 3.66. The van der Waals surface area contributed by atoms with Crippen LogP contribution in [0.2, 0.25) is 0 Å². The molecule has 9 nitrogen and oxygen atoms in total. The number of nitrogens with zero attached hydrogens (tertiary/aromatic N) is 3. The van der Waals surface area contributed by atoms with Gasteiger partial charge in [0.1, 0.15) is 17.2 Å². The van der Waals surface area contributed by atoms with Crippen molar-refractivity contribution in [3.63, 3.8) is 0 Å². The second kappa shape index (κ2) is 16.6. The molecule has 3 aromatic rings. The van der Waals surface area contributed by atoms with E-state index < -0.39 is 11.8 Å². The van der Waals surface area contributed by atoms with Crippen LogP contribution in [0.4, 0.5) is 0 Å². The predicted octanol–water partition coefficient (Wildman–Crippen LogP) is 7.36. The fraction of sp³-hybridized carbons (Fsp3) is 0.487. The normalized spacial score (nSPS) is 18.4. The fourth-order valence-electron chi connectivity index (χ4n) is 7.12. The maximum Gasteiger partial charge on any atom is 0.269 e. The van der Waals surface area contributed by atoms with Gasteiger partial charge in [-0.25, -0.2) is 0 Å². The van der Waals surface area contributed by atoms with Crippen molar-refractivity contribution < 1.29 is 14.3 Å². The highest BCUT2D eigenvalue weighted by Crippen LogP contribution is 2.39. The largest absolute Gasteiger partial charge is 0.496 e. The molecule has 3 unspecified atom stereocenters. The Kier molecular flexibility index (Phi) is 12.1. The summed E-state index contributed by atoms with van der Waals surface area (Å²) >= 11 is 0. The molecule has 2 fully saturated rings. The van der Waals surface area contributed by atoms with Gasteiger partial charge in [0.05, 0.1) is 25.3 Å². The molecule has 2 saturated carbocycles. The minimum atomic E-state index is -0.495. The number of aryl methyl sites for hydroxylation is 2. The Balaban J connectivity index is 1.22. The second-order valence-electron chi connectivity index (χ2n) is 13.3. The number of methoxy groups -OCH3 is 1. The molecule has 2 heterocycles. The van der Waals surface area contributed by atoms with Crippen LogP contribution in [0.15, 0.2) is 66.6 Å². The second-order valence-corrected chi connectivity index (χ2v) is 13.3. The topological polar surface area (TPSA) is 134 Å². The summed E-state index contributed by atoms with van der Waals surface area (Å²) in [5, 5.41) is 24.5. The number of hydrogen-bond donors (Lipinski definition) is 3. The van der Waals surface area contributed by atoms with Gasteiger partial charge in [-0.1, -0.05) is 31.2 Å². The van der Waals surface area contributed by atoms with Crippen LogP contribution in [0.25, 0.3) is 11.1 Å². The number of ketones is 1. The Morgan fingerprint density at radius 1 is 1.08 bits per heavy atom. The lowest BCUT2D eigenvalue weighted by Crippen LogP contribution is -2.29. The Morgan fingerprint density at radius 2 is 1.92 bits per heavy atom. The maximum absolute atomic E-state index is 12.8. The number of aromatic nitrogens is 3. The van der Waals surface area contributed by atoms with E-state index >= 15 is 0 Å². The highest BCUT2D eigenvalue weighted by Gasteiger charge is 2.35. The number of rotatable bonds is 18. The summed E-state index contributed by atoms with van der Waals surface area (Å²) < 4.78 is 8.09. The van der Waals surface area contributed by atoms with Crippen molar-refractivity contribution in [1.29, 1.82) is 10.8 Å². The standard InChI is InChI=1S/C39H50N6O3/c1-4-33(37(46)27-18-19-27)35(40)23-29(36(41)39(47)42-2)13-8-11-28-12-9-16-34(38(28)48-3)30-24-44-45(25-30)32-20-17-26(22-32)10-7-15-31-14-5-6-21-43-31/h5-6,9,12,14,16,21,23-27,32-33,40-41H,4,7-8,10-11,13,15,17-20,22H2,1-3H3,(H,42,47)/b29-23-,40-35?,41-36?. The molecule has 0 spiro atoms. The molecule has 0 saturated heterocycles. The molecule has 254 valence electrons. The number of para-hydroxylation sites is 1. The highest BCUT2D eigenvalue weighted by atomic mass is 16.5. The third kappa shape index (κ3) is 8.74. The Morgan fingerprint density at radius 3 is 2.62 bits per heavy atom. The molecule has 48 heavy (non-hydrogen) atoms. The van der Waals surface area contributed by atoms with E-state index in [0.29, 0.717) is 43.2 Å². The lowest BCUT2D eigenvalue weighted by molar-refractivity contribution is -0.122. The quantitative estimate of drug-likeness (QED) is 0.124. The lowest BCUT2D eigenvalue weighted by atomic mass is 9.89. The molecular weight excluding hydrogens is 600 g/mol. The molecule has 9 heteroatoms. The van der Waals surface area contributed by atoms with Crippen molar-refractivity contribution in [2.75, 3.05) is 14.2 Å². The molecule has 2 aliphatic rings. The van der Waals surface area contributed by atoms with Crippen LogP contribution in [0.1, 0.15) is 88.4 Å². The van der Waals surface area contributed by atoms with Crippen molar-refractivity contribution in [2.45, 2.75) is 90.0 Å². The summed E-state index contributed by atoms with van der Waals surface area (Å²) in [7, 11) is 3.19. The first kappa shape index (κ1) is 34.9. The van der Waals surface area contributed by atoms with Gasteiger partial charge in [-0.3, -0.25) is 24.7 Å². The van der Waals surface area contributed by atoms with Gasteiger partial charge in [0, 0.05) is 47.9 Å². The fourth-order valence-corrected chi connectivity index (χ4v) is 7.12. The molecule has 2 aromatic heterocycles. The van der Waals surface area contributed by atoms with Gasteiger partial charge in [0.25, 0.3) is 5.91 Å². The van der Waals surface area contributed by atoms with E-state index in [1.165, 1.54) is 25.6 Å². The molecular formula is C39H50N6O3. The summed E-state index contributed by atoms with van der Waals surface area (Å²) in [6, 6.07) is 12.7. The number of amides is 1. The van der Waals surface area contributed by atoms with Gasteiger partial charge in [0.2, 0.25) is 0 Å². The van der Waals surface area contributed by atoms with E-state index in [-0.39, 0.29) is 23.1 Å². The van der Waals surface area contributed by atoms with Gasteiger partial charge in [-0.15, -0.1) is 0 Å². The van der Waals surface area contributed by atoms with Crippen LogP contribution in [0.3, 0.4) is 0 Å². The average molecular weight is 651 g/mol. The van der Waals surface area contributed by atoms with Gasteiger partial charge in [-0.05, 0) is 112 Å². The van der Waals surface area contributed by atoms with E-state index in [0.717, 1.165) is 61.0 Å². The van der Waals surface area contributed by atoms with Crippen LogP contribution in [-0.2, 0) is 22.4 Å². The monoisotopic (exact) mass is 650 g/mol. The molecule has 1 aromatic carbocycles. The number of pyridine rings is 1. The van der Waals surface area contributed by atoms with E-state index in [4.69, 9.17) is 20.7 Å². The van der Waals surface area contributed by atoms with Gasteiger partial charge < -0.3 is 15.5 Å². The number of nitrogens with one attached hydrogen (secondary N) is 3. The van der Waals surface area contributed by atoms with Crippen molar-refractivity contribution in [2.24, 2.45) is 17.8 Å². The predicted molar refractivity (Wildman–Crippen MR) is 190 cm³/mol. The minimum absolute atomic E-state index is 0.0561. The number of ether oxygens (including phenoxy) is 1. The number of Topliss-reactive ketones (excluding diaryl/α,β-unsaturated/α-hetero) is 1. The molecule has 2 aliphatic carbocycles. The summed E-state index contributed by atoms with van der Waals surface area (Å²) in [6.07, 6.45) is 18.5. The maximum atomic E-state index is 12.8. The Bertz CT molecular complexity index is 1620. The summed E-state index contributed by atoms with van der Waals surface area (Å²) in [5.41, 5.74) is 4.72. The first-order valence-corrected chi connectivity index (χ1v) is 17.6. The molecule has 0 aliphatic heterocycles.